The third-order valence-electron chi connectivity index (χ3n) is 1.92. The molecule has 1 N–H and O–H groups in total. The van der Waals surface area contributed by atoms with Crippen LogP contribution in [0.1, 0.15) is 23.5 Å². The summed E-state index contributed by atoms with van der Waals surface area (Å²) in [5.41, 5.74) is 0.726. The maximum Gasteiger partial charge on any atom is 0.254 e. The first-order chi connectivity index (χ1) is 6.50. The van der Waals surface area contributed by atoms with Gasteiger partial charge in [-0.15, -0.1) is 0 Å². The van der Waals surface area contributed by atoms with Crippen molar-refractivity contribution in [3.8, 4) is 0 Å². The molecular weight excluding hydrogens is 184 g/mol. The molecule has 0 unspecified atom stereocenters. The Bertz CT molecular complexity index is 409. The zero-order valence-corrected chi connectivity index (χ0v) is 8.09. The molecule has 14 heavy (non-hydrogen) atoms. The molecule has 0 aliphatic heterocycles. The summed E-state index contributed by atoms with van der Waals surface area (Å²) in [5.74, 6) is -0.630. The Hall–Kier alpha value is -1.65. The van der Waals surface area contributed by atoms with Crippen LogP contribution in [0.25, 0.3) is 0 Å². The van der Waals surface area contributed by atoms with E-state index < -0.39 is 5.97 Å². The van der Waals surface area contributed by atoms with Crippen molar-refractivity contribution in [2.75, 3.05) is 0 Å². The number of aromatic amines is 1. The largest absolute Gasteiger partial charge is 0.550 e. The highest BCUT2D eigenvalue weighted by Crippen LogP contribution is 2.01. The predicted octanol–water partition coefficient (Wildman–Crippen LogP) is -0.931. The molecule has 5 nitrogen and oxygen atoms in total. The number of carboxylic acids is 1. The lowest BCUT2D eigenvalue weighted by Gasteiger charge is -2.05. The van der Waals surface area contributed by atoms with E-state index in [1.165, 1.54) is 0 Å². The van der Waals surface area contributed by atoms with Gasteiger partial charge in [0, 0.05) is 17.2 Å². The van der Waals surface area contributed by atoms with Gasteiger partial charge in [-0.2, -0.15) is 0 Å². The molecule has 0 aliphatic carbocycles. The summed E-state index contributed by atoms with van der Waals surface area (Å²) in [6, 6.07) is 0. The van der Waals surface area contributed by atoms with Crippen LogP contribution in [-0.2, 0) is 11.2 Å². The fourth-order valence-electron chi connectivity index (χ4n) is 1.27. The van der Waals surface area contributed by atoms with Gasteiger partial charge in [-0.05, 0) is 26.7 Å². The average molecular weight is 195 g/mol. The van der Waals surface area contributed by atoms with Gasteiger partial charge < -0.3 is 14.9 Å². The molecule has 0 fully saturated rings. The number of nitrogens with zero attached hydrogens (tertiary/aromatic N) is 1. The zero-order chi connectivity index (χ0) is 10.7. The van der Waals surface area contributed by atoms with Crippen LogP contribution in [0.15, 0.2) is 4.79 Å². The minimum Gasteiger partial charge on any atom is -0.550 e. The topological polar surface area (TPSA) is 85.9 Å². The molecule has 0 bridgehead atoms. The molecule has 0 spiro atoms. The van der Waals surface area contributed by atoms with E-state index in [0.717, 1.165) is 0 Å². The van der Waals surface area contributed by atoms with Crippen LogP contribution in [-0.4, -0.2) is 15.9 Å². The summed E-state index contributed by atoms with van der Waals surface area (Å²) in [7, 11) is 0. The summed E-state index contributed by atoms with van der Waals surface area (Å²) < 4.78 is 0. The molecule has 0 saturated heterocycles. The number of aryl methyl sites for hydroxylation is 2. The van der Waals surface area contributed by atoms with E-state index in [1.54, 1.807) is 13.8 Å². The maximum absolute atomic E-state index is 11.4. The summed E-state index contributed by atoms with van der Waals surface area (Å²) in [4.78, 5) is 28.1. The van der Waals surface area contributed by atoms with Crippen molar-refractivity contribution in [1.29, 1.82) is 0 Å². The van der Waals surface area contributed by atoms with Gasteiger partial charge in [0.2, 0.25) is 0 Å². The van der Waals surface area contributed by atoms with E-state index in [1.807, 2.05) is 0 Å². The van der Waals surface area contributed by atoms with E-state index in [2.05, 4.69) is 9.97 Å². The number of rotatable bonds is 3. The van der Waals surface area contributed by atoms with Gasteiger partial charge in [0.15, 0.2) is 0 Å². The van der Waals surface area contributed by atoms with Crippen molar-refractivity contribution in [2.45, 2.75) is 26.7 Å². The van der Waals surface area contributed by atoms with Gasteiger partial charge >= 0.3 is 0 Å². The molecule has 0 saturated carbocycles. The zero-order valence-electron chi connectivity index (χ0n) is 8.09. The lowest BCUT2D eigenvalue weighted by molar-refractivity contribution is -0.305. The van der Waals surface area contributed by atoms with Gasteiger partial charge in [-0.3, -0.25) is 4.79 Å². The van der Waals surface area contributed by atoms with Gasteiger partial charge in [-0.25, -0.2) is 4.98 Å². The van der Waals surface area contributed by atoms with Crippen molar-refractivity contribution in [3.63, 3.8) is 0 Å². The Morgan fingerprint density at radius 2 is 2.14 bits per heavy atom. The van der Waals surface area contributed by atoms with Crippen molar-refractivity contribution in [1.82, 2.24) is 9.97 Å². The number of aromatic nitrogens is 2. The molecule has 1 rings (SSSR count). The molecule has 76 valence electrons. The highest BCUT2D eigenvalue weighted by atomic mass is 16.4. The first-order valence-electron chi connectivity index (χ1n) is 4.27. The number of carbonyl (C=O) groups excluding carboxylic acids is 1. The fraction of sp³-hybridized carbons (Fsp3) is 0.444. The lowest BCUT2D eigenvalue weighted by atomic mass is 10.1. The van der Waals surface area contributed by atoms with Crippen LogP contribution in [0.5, 0.6) is 0 Å². The number of hydrogen-bond donors (Lipinski definition) is 1. The van der Waals surface area contributed by atoms with Gasteiger partial charge in [0.05, 0.1) is 0 Å². The van der Waals surface area contributed by atoms with Gasteiger partial charge in [-0.1, -0.05) is 0 Å². The molecule has 0 radical (unpaired) electrons. The maximum atomic E-state index is 11.4. The summed E-state index contributed by atoms with van der Waals surface area (Å²) in [6.45, 7) is 3.36. The van der Waals surface area contributed by atoms with E-state index in [0.29, 0.717) is 17.1 Å². The van der Waals surface area contributed by atoms with Crippen LogP contribution in [0, 0.1) is 13.8 Å². The lowest BCUT2D eigenvalue weighted by Crippen LogP contribution is -2.25. The second kappa shape index (κ2) is 4.04. The van der Waals surface area contributed by atoms with Crippen LogP contribution in [0.2, 0.25) is 0 Å². The highest BCUT2D eigenvalue weighted by molar-refractivity contribution is 5.64. The Balaban J connectivity index is 2.97. The van der Waals surface area contributed by atoms with Crippen LogP contribution >= 0.6 is 0 Å². The summed E-state index contributed by atoms with van der Waals surface area (Å²) in [6.07, 6.45) is 0.00540. The monoisotopic (exact) mass is 195 g/mol. The van der Waals surface area contributed by atoms with E-state index >= 15 is 0 Å². The average Bonchev–Trinajstić information content (AvgIpc) is 2.01. The van der Waals surface area contributed by atoms with Crippen LogP contribution in [0.3, 0.4) is 0 Å². The fourth-order valence-corrected chi connectivity index (χ4v) is 1.27. The van der Waals surface area contributed by atoms with E-state index in [4.69, 9.17) is 0 Å². The number of carbonyl (C=O) groups is 1. The van der Waals surface area contributed by atoms with E-state index in [-0.39, 0.29) is 18.4 Å². The first-order valence-corrected chi connectivity index (χ1v) is 4.27. The summed E-state index contributed by atoms with van der Waals surface area (Å²) >= 11 is 0. The Morgan fingerprint density at radius 3 is 2.64 bits per heavy atom. The molecule has 0 aliphatic rings. The number of H-pyrrole nitrogens is 1. The number of carboxylic acid groups (broad SMARTS) is 1. The number of nitrogens with one attached hydrogen (secondary N) is 1. The first kappa shape index (κ1) is 10.4. The SMILES string of the molecule is Cc1nc(C)c(CCC(=O)[O-])c(=O)[nH]1. The molecule has 0 aromatic carbocycles. The molecule has 5 heteroatoms. The Kier molecular flexibility index (Phi) is 3.01. The van der Waals surface area contributed by atoms with Crippen molar-refractivity contribution in [2.24, 2.45) is 0 Å². The normalized spacial score (nSPS) is 10.1. The standard InChI is InChI=1S/C9H12N2O3/c1-5-7(3-4-8(12)13)9(14)11-6(2)10-5/h3-4H2,1-2H3,(H,12,13)(H,10,11,14)/p-1. The van der Waals surface area contributed by atoms with Crippen molar-refractivity contribution >= 4 is 5.97 Å². The molecular formula is C9H11N2O3-. The second-order valence-electron chi connectivity index (χ2n) is 3.09. The molecule has 1 heterocycles. The van der Waals surface area contributed by atoms with Crippen molar-refractivity contribution in [3.05, 3.63) is 27.4 Å². The quantitative estimate of drug-likeness (QED) is 0.675. The van der Waals surface area contributed by atoms with Crippen LogP contribution in [0.4, 0.5) is 0 Å². The molecule has 1 aromatic heterocycles. The minimum atomic E-state index is -1.16. The van der Waals surface area contributed by atoms with Crippen LogP contribution < -0.4 is 10.7 Å². The predicted molar refractivity (Wildman–Crippen MR) is 47.7 cm³/mol. The molecule has 0 atom stereocenters. The van der Waals surface area contributed by atoms with Gasteiger partial charge in [0.25, 0.3) is 5.56 Å². The number of hydrogen-bond acceptors (Lipinski definition) is 4. The number of aliphatic carboxylic acids is 1. The Labute approximate surface area is 80.8 Å². The van der Waals surface area contributed by atoms with E-state index in [9.17, 15) is 14.7 Å². The Morgan fingerprint density at radius 1 is 1.50 bits per heavy atom. The molecule has 0 amide bonds. The smallest absolute Gasteiger partial charge is 0.254 e. The minimum absolute atomic E-state index is 0.158. The third-order valence-corrected chi connectivity index (χ3v) is 1.92. The third kappa shape index (κ3) is 2.42. The second-order valence-corrected chi connectivity index (χ2v) is 3.09. The van der Waals surface area contributed by atoms with Crippen molar-refractivity contribution < 1.29 is 9.90 Å². The van der Waals surface area contributed by atoms with Gasteiger partial charge in [0.1, 0.15) is 5.82 Å². The molecule has 1 aromatic rings. The highest BCUT2D eigenvalue weighted by Gasteiger charge is 2.05. The summed E-state index contributed by atoms with van der Waals surface area (Å²) in [5, 5.41) is 10.2.